The highest BCUT2D eigenvalue weighted by Crippen LogP contribution is 2.41. The van der Waals surface area contributed by atoms with Crippen molar-refractivity contribution in [3.63, 3.8) is 0 Å². The van der Waals surface area contributed by atoms with Crippen LogP contribution in [0, 0.1) is 0 Å². The number of aliphatic hydroxyl groups excluding tert-OH is 1. The molecule has 0 aliphatic carbocycles. The molecule has 1 aromatic heterocycles. The Kier molecular flexibility index (Phi) is 4.07. The second-order valence-corrected chi connectivity index (χ2v) is 6.30. The summed E-state index contributed by atoms with van der Waals surface area (Å²) < 4.78 is 5.81. The predicted molar refractivity (Wildman–Crippen MR) is 91.9 cm³/mol. The molecule has 3 rings (SSSR count). The fourth-order valence-corrected chi connectivity index (χ4v) is 3.09. The molecule has 126 valence electrons. The first-order chi connectivity index (χ1) is 11.4. The lowest BCUT2D eigenvalue weighted by atomic mass is 9.82. The Bertz CT molecular complexity index is 836. The van der Waals surface area contributed by atoms with Crippen LogP contribution in [0.15, 0.2) is 53.0 Å². The molecular weight excluding hydrogens is 306 g/mol. The van der Waals surface area contributed by atoms with Crippen molar-refractivity contribution in [2.24, 2.45) is 0 Å². The largest absolute Gasteiger partial charge is 0.468 e. The van der Waals surface area contributed by atoms with Crippen LogP contribution in [0.4, 0.5) is 0 Å². The van der Waals surface area contributed by atoms with Crippen LogP contribution >= 0.6 is 0 Å². The normalized spacial score (nSPS) is 26.6. The van der Waals surface area contributed by atoms with E-state index in [0.717, 1.165) is 11.1 Å². The van der Waals surface area contributed by atoms with Gasteiger partial charge in [-0.3, -0.25) is 4.79 Å². The number of benzene rings is 1. The van der Waals surface area contributed by atoms with Crippen molar-refractivity contribution in [3.05, 3.63) is 64.0 Å². The molecule has 3 N–H and O–H groups in total. The lowest BCUT2D eigenvalue weighted by molar-refractivity contribution is -0.132. The van der Waals surface area contributed by atoms with E-state index in [1.54, 1.807) is 6.20 Å². The first kappa shape index (κ1) is 16.5. The summed E-state index contributed by atoms with van der Waals surface area (Å²) >= 11 is 0. The Morgan fingerprint density at radius 3 is 2.62 bits per heavy atom. The molecule has 0 saturated carbocycles. The number of aliphatic hydroxyl groups is 2. The van der Waals surface area contributed by atoms with Gasteiger partial charge in [-0.15, -0.1) is 0 Å². The molecular formula is C19H21NO4. The third-order valence-electron chi connectivity index (χ3n) is 4.63. The summed E-state index contributed by atoms with van der Waals surface area (Å²) in [5, 5.41) is 21.4. The summed E-state index contributed by atoms with van der Waals surface area (Å²) in [7, 11) is 0. The van der Waals surface area contributed by atoms with E-state index in [1.807, 2.05) is 50.3 Å². The van der Waals surface area contributed by atoms with E-state index in [1.165, 1.54) is 6.92 Å². The molecule has 0 radical (unpaired) electrons. The van der Waals surface area contributed by atoms with Gasteiger partial charge in [0.1, 0.15) is 11.7 Å². The second-order valence-electron chi connectivity index (χ2n) is 6.30. The van der Waals surface area contributed by atoms with E-state index in [2.05, 4.69) is 4.98 Å². The first-order valence-electron chi connectivity index (χ1n) is 7.88. The number of aromatic nitrogens is 1. The van der Waals surface area contributed by atoms with Gasteiger partial charge < -0.3 is 19.9 Å². The summed E-state index contributed by atoms with van der Waals surface area (Å²) in [5.74, 6) is 0.199. The number of fused-ring (bicyclic) bond motifs is 1. The zero-order chi connectivity index (χ0) is 17.5. The van der Waals surface area contributed by atoms with Crippen molar-refractivity contribution >= 4 is 0 Å². The Morgan fingerprint density at radius 1 is 1.33 bits per heavy atom. The lowest BCUT2D eigenvalue weighted by Gasteiger charge is -2.41. The van der Waals surface area contributed by atoms with Crippen LogP contribution in [0.25, 0.3) is 11.1 Å². The number of ether oxygens (including phenoxy) is 1. The average molecular weight is 327 g/mol. The highest BCUT2D eigenvalue weighted by molar-refractivity contribution is 5.64. The van der Waals surface area contributed by atoms with E-state index in [4.69, 9.17) is 4.74 Å². The standard InChI is InChI=1S/C19H21NO4/c1-4-11(2)17-19(3,23)16(22)14-15(21)13(10-20-18(14)24-17)12-8-6-5-7-9-12/h4-10,16-17,22-23H,1-3H3,(H,20,21)/b11-4+/t16-,17+,19+/m1/s1. The van der Waals surface area contributed by atoms with Gasteiger partial charge >= 0.3 is 0 Å². The monoisotopic (exact) mass is 327 g/mol. The molecule has 2 aromatic rings. The summed E-state index contributed by atoms with van der Waals surface area (Å²) in [5.41, 5.74) is 0.0407. The number of pyridine rings is 1. The topological polar surface area (TPSA) is 82.6 Å². The van der Waals surface area contributed by atoms with Gasteiger partial charge in [0, 0.05) is 11.8 Å². The van der Waals surface area contributed by atoms with Crippen molar-refractivity contribution in [2.45, 2.75) is 38.6 Å². The number of hydrogen-bond donors (Lipinski definition) is 3. The van der Waals surface area contributed by atoms with Crippen molar-refractivity contribution in [1.82, 2.24) is 4.98 Å². The molecule has 5 nitrogen and oxygen atoms in total. The molecule has 0 bridgehead atoms. The van der Waals surface area contributed by atoms with Crippen molar-refractivity contribution in [3.8, 4) is 17.0 Å². The summed E-state index contributed by atoms with van der Waals surface area (Å²) in [6, 6.07) is 9.17. The van der Waals surface area contributed by atoms with Crippen molar-refractivity contribution < 1.29 is 14.9 Å². The number of nitrogens with one attached hydrogen (secondary N) is 1. The van der Waals surface area contributed by atoms with Crippen LogP contribution in [0.2, 0.25) is 0 Å². The maximum absolute atomic E-state index is 12.9. The van der Waals surface area contributed by atoms with E-state index < -0.39 is 17.8 Å². The van der Waals surface area contributed by atoms with Gasteiger partial charge in [0.25, 0.3) is 0 Å². The quantitative estimate of drug-likeness (QED) is 0.740. The Hall–Kier alpha value is -2.37. The maximum atomic E-state index is 12.9. The van der Waals surface area contributed by atoms with E-state index in [-0.39, 0.29) is 16.9 Å². The number of H-pyrrole nitrogens is 1. The second kappa shape index (κ2) is 5.92. The predicted octanol–water partition coefficient (Wildman–Crippen LogP) is 2.55. The zero-order valence-corrected chi connectivity index (χ0v) is 13.9. The SMILES string of the molecule is C/C=C(\C)[C@@H]1Oc2[nH]cc(-c3ccccc3)c(=O)c2[C@@H](O)[C@]1(C)O. The number of aromatic amines is 1. The molecule has 0 saturated heterocycles. The van der Waals surface area contributed by atoms with Gasteiger partial charge in [0.05, 0.1) is 5.56 Å². The molecule has 1 aliphatic rings. The third kappa shape index (κ3) is 2.46. The first-order valence-corrected chi connectivity index (χ1v) is 7.88. The molecule has 5 heteroatoms. The number of hydrogen-bond acceptors (Lipinski definition) is 4. The molecule has 0 fully saturated rings. The molecule has 0 amide bonds. The molecule has 3 atom stereocenters. The minimum absolute atomic E-state index is 0.0570. The number of allylic oxidation sites excluding steroid dienone is 1. The van der Waals surface area contributed by atoms with Crippen LogP contribution < -0.4 is 10.2 Å². The molecule has 24 heavy (non-hydrogen) atoms. The smallest absolute Gasteiger partial charge is 0.201 e. The molecule has 2 heterocycles. The van der Waals surface area contributed by atoms with Gasteiger partial charge in [-0.1, -0.05) is 36.4 Å². The van der Waals surface area contributed by atoms with Gasteiger partial charge in [-0.25, -0.2) is 0 Å². The maximum Gasteiger partial charge on any atom is 0.201 e. The van der Waals surface area contributed by atoms with Gasteiger partial charge in [-0.2, -0.15) is 0 Å². The van der Waals surface area contributed by atoms with Crippen molar-refractivity contribution in [2.75, 3.05) is 0 Å². The fraction of sp³-hybridized carbons (Fsp3) is 0.316. The van der Waals surface area contributed by atoms with Gasteiger partial charge in [-0.05, 0) is 31.9 Å². The Labute approximate surface area is 140 Å². The van der Waals surface area contributed by atoms with E-state index in [0.29, 0.717) is 5.56 Å². The molecule has 0 unspecified atom stereocenters. The Balaban J connectivity index is 2.17. The van der Waals surface area contributed by atoms with Crippen molar-refractivity contribution in [1.29, 1.82) is 0 Å². The molecule has 1 aromatic carbocycles. The fourth-order valence-electron chi connectivity index (χ4n) is 3.09. The third-order valence-corrected chi connectivity index (χ3v) is 4.63. The highest BCUT2D eigenvalue weighted by atomic mass is 16.5. The summed E-state index contributed by atoms with van der Waals surface area (Å²) in [4.78, 5) is 15.8. The summed E-state index contributed by atoms with van der Waals surface area (Å²) in [6.45, 7) is 5.12. The summed E-state index contributed by atoms with van der Waals surface area (Å²) in [6.07, 6.45) is 1.30. The molecule has 0 spiro atoms. The van der Waals surface area contributed by atoms with Gasteiger partial charge in [0.15, 0.2) is 11.5 Å². The van der Waals surface area contributed by atoms with Crippen LogP contribution in [0.3, 0.4) is 0 Å². The average Bonchev–Trinajstić information content (AvgIpc) is 2.58. The zero-order valence-electron chi connectivity index (χ0n) is 13.9. The minimum Gasteiger partial charge on any atom is -0.468 e. The Morgan fingerprint density at radius 2 is 2.00 bits per heavy atom. The highest BCUT2D eigenvalue weighted by Gasteiger charge is 2.48. The van der Waals surface area contributed by atoms with E-state index in [9.17, 15) is 15.0 Å². The van der Waals surface area contributed by atoms with Gasteiger partial charge in [0.2, 0.25) is 5.88 Å². The number of rotatable bonds is 2. The lowest BCUT2D eigenvalue weighted by Crippen LogP contribution is -2.53. The minimum atomic E-state index is -1.61. The van der Waals surface area contributed by atoms with Crippen LogP contribution in [-0.2, 0) is 0 Å². The van der Waals surface area contributed by atoms with Crippen LogP contribution in [0.5, 0.6) is 5.88 Å². The van der Waals surface area contributed by atoms with Crippen LogP contribution in [-0.4, -0.2) is 26.9 Å². The van der Waals surface area contributed by atoms with E-state index >= 15 is 0 Å². The molecule has 1 aliphatic heterocycles. The van der Waals surface area contributed by atoms with Crippen LogP contribution in [0.1, 0.15) is 32.4 Å².